The first-order valence-electron chi connectivity index (χ1n) is 6.83. The fourth-order valence-electron chi connectivity index (χ4n) is 2.63. The van der Waals surface area contributed by atoms with Gasteiger partial charge in [-0.15, -0.1) is 0 Å². The van der Waals surface area contributed by atoms with Gasteiger partial charge in [0.2, 0.25) is 5.91 Å². The predicted octanol–water partition coefficient (Wildman–Crippen LogP) is 3.62. The Labute approximate surface area is 110 Å². The molecule has 0 saturated heterocycles. The second kappa shape index (κ2) is 5.13. The molecule has 0 fully saturated rings. The molecule has 0 spiro atoms. The first-order chi connectivity index (χ1) is 8.46. The van der Waals surface area contributed by atoms with Crippen molar-refractivity contribution in [1.82, 2.24) is 5.32 Å². The average Bonchev–Trinajstić information content (AvgIpc) is 2.27. The summed E-state index contributed by atoms with van der Waals surface area (Å²) in [5, 5.41) is 3.19. The molecular formula is C16H23NO. The zero-order chi connectivity index (χ0) is 13.2. The van der Waals surface area contributed by atoms with Crippen LogP contribution in [0.5, 0.6) is 0 Å². The lowest BCUT2D eigenvalue weighted by atomic mass is 9.87. The predicted molar refractivity (Wildman–Crippen MR) is 74.3 cm³/mol. The monoisotopic (exact) mass is 245 g/mol. The third-order valence-electron chi connectivity index (χ3n) is 3.40. The van der Waals surface area contributed by atoms with E-state index in [2.05, 4.69) is 50.4 Å². The number of hydrogen-bond donors (Lipinski definition) is 1. The Morgan fingerprint density at radius 3 is 2.78 bits per heavy atom. The Kier molecular flexibility index (Phi) is 3.74. The molecule has 2 nitrogen and oxygen atoms in total. The number of amides is 1. The third-order valence-corrected chi connectivity index (χ3v) is 3.40. The van der Waals surface area contributed by atoms with Crippen molar-refractivity contribution in [2.45, 2.75) is 52.5 Å². The highest BCUT2D eigenvalue weighted by Crippen LogP contribution is 2.30. The maximum Gasteiger partial charge on any atom is 0.221 e. The number of rotatable bonds is 2. The Bertz CT molecular complexity index is 431. The average molecular weight is 245 g/mol. The second-order valence-electron chi connectivity index (χ2n) is 6.45. The summed E-state index contributed by atoms with van der Waals surface area (Å²) in [4.78, 5) is 12.0. The molecule has 1 atom stereocenters. The van der Waals surface area contributed by atoms with Gasteiger partial charge in [-0.05, 0) is 35.8 Å². The zero-order valence-electron chi connectivity index (χ0n) is 11.6. The van der Waals surface area contributed by atoms with Gasteiger partial charge in [0, 0.05) is 6.42 Å². The Hall–Kier alpha value is -1.31. The molecule has 0 bridgehead atoms. The van der Waals surface area contributed by atoms with Crippen LogP contribution >= 0.6 is 0 Å². The Balaban J connectivity index is 2.05. The number of fused-ring (bicyclic) bond motifs is 1. The molecular weight excluding hydrogens is 222 g/mol. The van der Waals surface area contributed by atoms with Crippen LogP contribution in [0.3, 0.4) is 0 Å². The summed E-state index contributed by atoms with van der Waals surface area (Å²) in [5.41, 5.74) is 2.76. The molecule has 0 saturated carbocycles. The fraction of sp³-hybridized carbons (Fsp3) is 0.562. The fourth-order valence-corrected chi connectivity index (χ4v) is 2.63. The van der Waals surface area contributed by atoms with E-state index in [1.54, 1.807) is 0 Å². The summed E-state index contributed by atoms with van der Waals surface area (Å²) in [7, 11) is 0. The lowest BCUT2D eigenvalue weighted by Crippen LogP contribution is -2.33. The van der Waals surface area contributed by atoms with Crippen molar-refractivity contribution >= 4 is 5.91 Å². The SMILES string of the molecule is CC(C)(C)CC(=O)N[C@@H]1CCCc2ccccc21. The van der Waals surface area contributed by atoms with E-state index in [0.717, 1.165) is 19.3 Å². The minimum atomic E-state index is 0.0538. The largest absolute Gasteiger partial charge is 0.349 e. The molecule has 0 unspecified atom stereocenters. The van der Waals surface area contributed by atoms with Crippen LogP contribution in [0.4, 0.5) is 0 Å². The van der Waals surface area contributed by atoms with E-state index in [1.807, 2.05) is 0 Å². The molecule has 0 aliphatic heterocycles. The molecule has 2 rings (SSSR count). The first kappa shape index (κ1) is 13.1. The summed E-state index contributed by atoms with van der Waals surface area (Å²) in [6.45, 7) is 6.30. The second-order valence-corrected chi connectivity index (χ2v) is 6.45. The van der Waals surface area contributed by atoms with Crippen molar-refractivity contribution in [3.05, 3.63) is 35.4 Å². The maximum absolute atomic E-state index is 12.0. The topological polar surface area (TPSA) is 29.1 Å². The maximum atomic E-state index is 12.0. The number of carbonyl (C=O) groups excluding carboxylic acids is 1. The van der Waals surface area contributed by atoms with Gasteiger partial charge in [-0.1, -0.05) is 45.0 Å². The van der Waals surface area contributed by atoms with E-state index >= 15 is 0 Å². The van der Waals surface area contributed by atoms with Crippen molar-refractivity contribution in [3.63, 3.8) is 0 Å². The van der Waals surface area contributed by atoms with Gasteiger partial charge in [0.15, 0.2) is 0 Å². The van der Waals surface area contributed by atoms with Crippen LogP contribution < -0.4 is 5.32 Å². The molecule has 0 aromatic heterocycles. The normalized spacial score (nSPS) is 19.2. The van der Waals surface area contributed by atoms with Crippen LogP contribution in [0.2, 0.25) is 0 Å². The van der Waals surface area contributed by atoms with Crippen LogP contribution in [-0.2, 0) is 11.2 Å². The van der Waals surface area contributed by atoms with E-state index in [-0.39, 0.29) is 17.4 Å². The molecule has 1 aromatic rings. The quantitative estimate of drug-likeness (QED) is 0.847. The number of aryl methyl sites for hydroxylation is 1. The van der Waals surface area contributed by atoms with E-state index in [4.69, 9.17) is 0 Å². The van der Waals surface area contributed by atoms with Crippen molar-refractivity contribution in [2.75, 3.05) is 0 Å². The van der Waals surface area contributed by atoms with Crippen LogP contribution in [0.15, 0.2) is 24.3 Å². The van der Waals surface area contributed by atoms with E-state index in [9.17, 15) is 4.79 Å². The molecule has 0 radical (unpaired) electrons. The molecule has 2 heteroatoms. The van der Waals surface area contributed by atoms with Gasteiger partial charge in [0.05, 0.1) is 6.04 Å². The zero-order valence-corrected chi connectivity index (χ0v) is 11.6. The standard InChI is InChI=1S/C16H23NO/c1-16(2,3)11-15(18)17-14-10-6-8-12-7-4-5-9-13(12)14/h4-5,7,9,14H,6,8,10-11H2,1-3H3,(H,17,18)/t14-/m1/s1. The third kappa shape index (κ3) is 3.34. The van der Waals surface area contributed by atoms with Gasteiger partial charge >= 0.3 is 0 Å². The van der Waals surface area contributed by atoms with Crippen LogP contribution in [0.25, 0.3) is 0 Å². The molecule has 1 amide bonds. The van der Waals surface area contributed by atoms with Crippen molar-refractivity contribution in [2.24, 2.45) is 5.41 Å². The van der Waals surface area contributed by atoms with Crippen molar-refractivity contribution < 1.29 is 4.79 Å². The summed E-state index contributed by atoms with van der Waals surface area (Å²) >= 11 is 0. The molecule has 98 valence electrons. The number of nitrogens with one attached hydrogen (secondary N) is 1. The van der Waals surface area contributed by atoms with E-state index < -0.39 is 0 Å². The van der Waals surface area contributed by atoms with Gasteiger partial charge in [-0.2, -0.15) is 0 Å². The number of benzene rings is 1. The number of carbonyl (C=O) groups is 1. The van der Waals surface area contributed by atoms with E-state index in [0.29, 0.717) is 6.42 Å². The molecule has 1 aliphatic rings. The smallest absolute Gasteiger partial charge is 0.221 e. The van der Waals surface area contributed by atoms with Crippen LogP contribution in [0.1, 0.15) is 57.2 Å². The van der Waals surface area contributed by atoms with Crippen LogP contribution in [-0.4, -0.2) is 5.91 Å². The van der Waals surface area contributed by atoms with Crippen molar-refractivity contribution in [3.8, 4) is 0 Å². The van der Waals surface area contributed by atoms with Gasteiger partial charge in [0.25, 0.3) is 0 Å². The Morgan fingerprint density at radius 1 is 1.33 bits per heavy atom. The summed E-state index contributed by atoms with van der Waals surface area (Å²) in [6, 6.07) is 8.68. The minimum absolute atomic E-state index is 0.0538. The molecule has 1 aromatic carbocycles. The van der Waals surface area contributed by atoms with E-state index in [1.165, 1.54) is 11.1 Å². The summed E-state index contributed by atoms with van der Waals surface area (Å²) in [6.07, 6.45) is 3.96. The van der Waals surface area contributed by atoms with Gasteiger partial charge in [-0.25, -0.2) is 0 Å². The van der Waals surface area contributed by atoms with Gasteiger partial charge in [0.1, 0.15) is 0 Å². The van der Waals surface area contributed by atoms with Gasteiger partial charge in [-0.3, -0.25) is 4.79 Å². The Morgan fingerprint density at radius 2 is 2.06 bits per heavy atom. The van der Waals surface area contributed by atoms with Gasteiger partial charge < -0.3 is 5.32 Å². The molecule has 1 aliphatic carbocycles. The number of hydrogen-bond acceptors (Lipinski definition) is 1. The summed E-state index contributed by atoms with van der Waals surface area (Å²) < 4.78 is 0. The molecule has 0 heterocycles. The molecule has 1 N–H and O–H groups in total. The summed E-state index contributed by atoms with van der Waals surface area (Å²) in [5.74, 6) is 0.171. The highest BCUT2D eigenvalue weighted by atomic mass is 16.1. The van der Waals surface area contributed by atoms with Crippen LogP contribution in [0, 0.1) is 5.41 Å². The highest BCUT2D eigenvalue weighted by molar-refractivity contribution is 5.77. The lowest BCUT2D eigenvalue weighted by molar-refractivity contribution is -0.123. The molecule has 18 heavy (non-hydrogen) atoms. The minimum Gasteiger partial charge on any atom is -0.349 e. The lowest BCUT2D eigenvalue weighted by Gasteiger charge is -2.27. The highest BCUT2D eigenvalue weighted by Gasteiger charge is 2.23. The first-order valence-corrected chi connectivity index (χ1v) is 6.83. The van der Waals surface area contributed by atoms with Crippen molar-refractivity contribution in [1.29, 1.82) is 0 Å².